The summed E-state index contributed by atoms with van der Waals surface area (Å²) >= 11 is 5.35. The number of thiocarbonyl (C=S) groups is 1. The maximum absolute atomic E-state index is 12.8. The van der Waals surface area contributed by atoms with Crippen molar-refractivity contribution in [2.45, 2.75) is 25.5 Å². The van der Waals surface area contributed by atoms with Crippen LogP contribution in [0.25, 0.3) is 17.0 Å². The minimum atomic E-state index is -0.503. The molecule has 33 heavy (non-hydrogen) atoms. The first-order valence-electron chi connectivity index (χ1n) is 10.7. The van der Waals surface area contributed by atoms with Gasteiger partial charge in [-0.1, -0.05) is 18.2 Å². The second-order valence-electron chi connectivity index (χ2n) is 8.01. The lowest BCUT2D eigenvalue weighted by Crippen LogP contribution is -2.34. The Balaban J connectivity index is 1.61. The van der Waals surface area contributed by atoms with Gasteiger partial charge in [0.15, 0.2) is 5.11 Å². The Hall–Kier alpha value is -3.24. The minimum Gasteiger partial charge on any atom is -0.468 e. The molecule has 0 unspecified atom stereocenters. The fourth-order valence-corrected chi connectivity index (χ4v) is 4.30. The van der Waals surface area contributed by atoms with E-state index in [2.05, 4.69) is 5.32 Å². The van der Waals surface area contributed by atoms with Gasteiger partial charge in [-0.25, -0.2) is 0 Å². The van der Waals surface area contributed by atoms with E-state index < -0.39 is 5.97 Å². The number of likely N-dealkylation sites (N-methyl/N-ethyl adjacent to an activating group) is 1. The first kappa shape index (κ1) is 22.9. The third-order valence-corrected chi connectivity index (χ3v) is 6.32. The van der Waals surface area contributed by atoms with E-state index >= 15 is 0 Å². The fraction of sp³-hybridized carbons (Fsp3) is 0.391. The fourth-order valence-electron chi connectivity index (χ4n) is 4.06. The summed E-state index contributed by atoms with van der Waals surface area (Å²) in [7, 11) is 2.85. The summed E-state index contributed by atoms with van der Waals surface area (Å²) in [4.78, 5) is 40.1. The molecule has 2 aliphatic heterocycles. The standard InChI is InChI=1S/C23H26N4O5S/c1-25-22(30)19(27(23(25)33)14-21(29)31-2)10-15-12-26(18-8-4-3-7-17(15)18)13-20(28)24-11-16-6-5-9-32-16/h3-4,7-8,10,12,16H,5-6,9,11,13-14H2,1-2H3,(H,24,28)/b19-10-/t16-/m0/s1. The molecule has 174 valence electrons. The van der Waals surface area contributed by atoms with Gasteiger partial charge in [-0.2, -0.15) is 0 Å². The van der Waals surface area contributed by atoms with Gasteiger partial charge in [-0.05, 0) is 37.2 Å². The second kappa shape index (κ2) is 9.72. The molecule has 0 saturated carbocycles. The highest BCUT2D eigenvalue weighted by Gasteiger charge is 2.37. The quantitative estimate of drug-likeness (QED) is 0.373. The number of fused-ring (bicyclic) bond motifs is 1. The lowest BCUT2D eigenvalue weighted by atomic mass is 10.1. The molecule has 1 aromatic heterocycles. The highest BCUT2D eigenvalue weighted by atomic mass is 32.1. The summed E-state index contributed by atoms with van der Waals surface area (Å²) in [6.45, 7) is 1.21. The summed E-state index contributed by atoms with van der Waals surface area (Å²) in [5.41, 5.74) is 1.88. The van der Waals surface area contributed by atoms with Crippen molar-refractivity contribution in [1.29, 1.82) is 0 Å². The average Bonchev–Trinajstić information content (AvgIpc) is 3.50. The van der Waals surface area contributed by atoms with E-state index in [1.165, 1.54) is 16.9 Å². The van der Waals surface area contributed by atoms with E-state index in [-0.39, 0.29) is 41.8 Å². The predicted molar refractivity (Wildman–Crippen MR) is 126 cm³/mol. The molecule has 10 heteroatoms. The highest BCUT2D eigenvalue weighted by Crippen LogP contribution is 2.28. The molecule has 2 fully saturated rings. The Morgan fingerprint density at radius 2 is 2.09 bits per heavy atom. The molecule has 0 aliphatic carbocycles. The van der Waals surface area contributed by atoms with Crippen molar-refractivity contribution in [2.75, 3.05) is 33.9 Å². The van der Waals surface area contributed by atoms with E-state index in [4.69, 9.17) is 21.7 Å². The number of nitrogens with zero attached hydrogens (tertiary/aromatic N) is 3. The van der Waals surface area contributed by atoms with Gasteiger partial charge < -0.3 is 24.3 Å². The van der Waals surface area contributed by atoms with Gasteiger partial charge in [-0.3, -0.25) is 19.3 Å². The Kier molecular flexibility index (Phi) is 6.75. The zero-order valence-electron chi connectivity index (χ0n) is 18.6. The summed E-state index contributed by atoms with van der Waals surface area (Å²) in [6, 6.07) is 7.64. The lowest BCUT2D eigenvalue weighted by molar-refractivity contribution is -0.140. The topological polar surface area (TPSA) is 93.1 Å². The number of methoxy groups -OCH3 is 1. The molecular weight excluding hydrogens is 444 g/mol. The average molecular weight is 471 g/mol. The largest absolute Gasteiger partial charge is 0.468 e. The molecule has 2 aromatic rings. The van der Waals surface area contributed by atoms with Crippen LogP contribution in [0.3, 0.4) is 0 Å². The van der Waals surface area contributed by atoms with E-state index in [1.54, 1.807) is 13.1 Å². The van der Waals surface area contributed by atoms with Crippen molar-refractivity contribution < 1.29 is 23.9 Å². The number of ether oxygens (including phenoxy) is 2. The Labute approximate surface area is 196 Å². The number of carbonyl (C=O) groups is 3. The van der Waals surface area contributed by atoms with Crippen LogP contribution in [0.15, 0.2) is 36.2 Å². The molecule has 0 bridgehead atoms. The molecule has 9 nitrogen and oxygen atoms in total. The third-order valence-electron chi connectivity index (χ3n) is 5.82. The molecular formula is C23H26N4O5S. The Bertz CT molecular complexity index is 1140. The molecule has 1 N–H and O–H groups in total. The van der Waals surface area contributed by atoms with Crippen molar-refractivity contribution in [1.82, 2.24) is 19.7 Å². The number of esters is 1. The van der Waals surface area contributed by atoms with Gasteiger partial charge in [0.2, 0.25) is 5.91 Å². The maximum atomic E-state index is 12.8. The number of nitrogens with one attached hydrogen (secondary N) is 1. The van der Waals surface area contributed by atoms with Crippen LogP contribution in [-0.4, -0.2) is 77.2 Å². The van der Waals surface area contributed by atoms with Crippen LogP contribution in [0.1, 0.15) is 18.4 Å². The molecule has 2 aliphatic rings. The van der Waals surface area contributed by atoms with Gasteiger partial charge in [0.25, 0.3) is 5.91 Å². The molecule has 2 amide bonds. The SMILES string of the molecule is COC(=O)CN1C(=S)N(C)C(=O)/C1=C/c1cn(CC(=O)NC[C@@H]2CCCO2)c2ccccc12. The van der Waals surface area contributed by atoms with E-state index in [1.807, 2.05) is 35.0 Å². The molecule has 1 aromatic carbocycles. The smallest absolute Gasteiger partial charge is 0.325 e. The number of hydrogen-bond acceptors (Lipinski definition) is 6. The second-order valence-corrected chi connectivity index (χ2v) is 8.37. The third kappa shape index (κ3) is 4.76. The highest BCUT2D eigenvalue weighted by molar-refractivity contribution is 7.80. The van der Waals surface area contributed by atoms with Gasteiger partial charge >= 0.3 is 5.97 Å². The first-order valence-corrected chi connectivity index (χ1v) is 11.1. The number of para-hydroxylation sites is 1. The van der Waals surface area contributed by atoms with Gasteiger partial charge in [0, 0.05) is 42.9 Å². The van der Waals surface area contributed by atoms with Crippen LogP contribution >= 0.6 is 12.2 Å². The van der Waals surface area contributed by atoms with Crippen LogP contribution < -0.4 is 5.32 Å². The van der Waals surface area contributed by atoms with Crippen LogP contribution in [0, 0.1) is 0 Å². The number of rotatable bonds is 7. The summed E-state index contributed by atoms with van der Waals surface area (Å²) in [6.07, 6.45) is 5.58. The van der Waals surface area contributed by atoms with Crippen LogP contribution in [-0.2, 0) is 30.4 Å². The molecule has 0 spiro atoms. The number of hydrogen-bond donors (Lipinski definition) is 1. The van der Waals surface area contributed by atoms with E-state index in [9.17, 15) is 14.4 Å². The molecule has 3 heterocycles. The van der Waals surface area contributed by atoms with Crippen molar-refractivity contribution >= 4 is 52.1 Å². The monoisotopic (exact) mass is 470 g/mol. The normalized spacial score (nSPS) is 19.7. The van der Waals surface area contributed by atoms with Crippen LogP contribution in [0.5, 0.6) is 0 Å². The molecule has 1 atom stereocenters. The first-order chi connectivity index (χ1) is 15.9. The van der Waals surface area contributed by atoms with Crippen molar-refractivity contribution in [3.05, 3.63) is 41.7 Å². The van der Waals surface area contributed by atoms with Crippen molar-refractivity contribution in [2.24, 2.45) is 0 Å². The Morgan fingerprint density at radius 1 is 1.30 bits per heavy atom. The molecule has 2 saturated heterocycles. The van der Waals surface area contributed by atoms with Crippen molar-refractivity contribution in [3.63, 3.8) is 0 Å². The number of amides is 2. The van der Waals surface area contributed by atoms with Gasteiger partial charge in [0.05, 0.1) is 13.2 Å². The van der Waals surface area contributed by atoms with Gasteiger partial charge in [-0.15, -0.1) is 0 Å². The number of aromatic nitrogens is 1. The maximum Gasteiger partial charge on any atom is 0.325 e. The van der Waals surface area contributed by atoms with Crippen LogP contribution in [0.2, 0.25) is 0 Å². The molecule has 4 rings (SSSR count). The summed E-state index contributed by atoms with van der Waals surface area (Å²) in [5.74, 6) is -0.928. The van der Waals surface area contributed by atoms with E-state index in [0.717, 1.165) is 35.9 Å². The Morgan fingerprint density at radius 3 is 2.82 bits per heavy atom. The predicted octanol–water partition coefficient (Wildman–Crippen LogP) is 1.51. The number of benzene rings is 1. The lowest BCUT2D eigenvalue weighted by Gasteiger charge is -2.16. The van der Waals surface area contributed by atoms with Gasteiger partial charge in [0.1, 0.15) is 18.8 Å². The minimum absolute atomic E-state index is 0.0747. The zero-order valence-corrected chi connectivity index (χ0v) is 19.4. The molecule has 0 radical (unpaired) electrons. The number of carbonyl (C=O) groups excluding carboxylic acids is 3. The summed E-state index contributed by atoms with van der Waals surface area (Å²) in [5, 5.41) is 4.04. The van der Waals surface area contributed by atoms with Crippen LogP contribution in [0.4, 0.5) is 0 Å². The van der Waals surface area contributed by atoms with E-state index in [0.29, 0.717) is 6.54 Å². The summed E-state index contributed by atoms with van der Waals surface area (Å²) < 4.78 is 12.2. The zero-order chi connectivity index (χ0) is 23.5. The van der Waals surface area contributed by atoms with Crippen molar-refractivity contribution in [3.8, 4) is 0 Å².